The SMILES string of the molecule is O=c1nc2[nH]cc(O)c2c(-c2cn[nH]c2)[nH]1. The van der Waals surface area contributed by atoms with Crippen molar-refractivity contribution in [2.75, 3.05) is 0 Å². The highest BCUT2D eigenvalue weighted by Crippen LogP contribution is 2.30. The Morgan fingerprint density at radius 3 is 2.94 bits per heavy atom. The molecule has 0 spiro atoms. The molecule has 0 fully saturated rings. The van der Waals surface area contributed by atoms with Gasteiger partial charge in [0.1, 0.15) is 11.4 Å². The van der Waals surface area contributed by atoms with Gasteiger partial charge in [-0.1, -0.05) is 0 Å². The average molecular weight is 217 g/mol. The van der Waals surface area contributed by atoms with E-state index in [9.17, 15) is 9.90 Å². The Morgan fingerprint density at radius 2 is 2.19 bits per heavy atom. The van der Waals surface area contributed by atoms with Gasteiger partial charge in [-0.2, -0.15) is 10.1 Å². The molecule has 0 saturated carbocycles. The lowest BCUT2D eigenvalue weighted by molar-refractivity contribution is 0.481. The Kier molecular flexibility index (Phi) is 1.61. The van der Waals surface area contributed by atoms with Crippen LogP contribution in [0.25, 0.3) is 22.3 Å². The zero-order valence-corrected chi connectivity index (χ0v) is 7.98. The molecule has 0 unspecified atom stereocenters. The molecule has 16 heavy (non-hydrogen) atoms. The van der Waals surface area contributed by atoms with Crippen LogP contribution in [-0.2, 0) is 0 Å². The molecule has 0 aliphatic heterocycles. The topological polar surface area (TPSA) is 110 Å². The van der Waals surface area contributed by atoms with E-state index in [2.05, 4.69) is 25.1 Å². The van der Waals surface area contributed by atoms with Crippen LogP contribution in [0, 0.1) is 0 Å². The van der Waals surface area contributed by atoms with Gasteiger partial charge >= 0.3 is 5.69 Å². The monoisotopic (exact) mass is 217 g/mol. The summed E-state index contributed by atoms with van der Waals surface area (Å²) in [7, 11) is 0. The van der Waals surface area contributed by atoms with Crippen molar-refractivity contribution < 1.29 is 5.11 Å². The summed E-state index contributed by atoms with van der Waals surface area (Å²) in [5.74, 6) is 0.0370. The number of hydrogen-bond acceptors (Lipinski definition) is 4. The fourth-order valence-electron chi connectivity index (χ4n) is 1.64. The second-order valence-electron chi connectivity index (χ2n) is 3.30. The molecule has 7 nitrogen and oxygen atoms in total. The number of aromatic nitrogens is 5. The lowest BCUT2D eigenvalue weighted by Crippen LogP contribution is -2.10. The first kappa shape index (κ1) is 8.72. The van der Waals surface area contributed by atoms with E-state index in [4.69, 9.17) is 0 Å². The third-order valence-electron chi connectivity index (χ3n) is 2.32. The number of aromatic amines is 3. The summed E-state index contributed by atoms with van der Waals surface area (Å²) in [6.45, 7) is 0. The molecule has 0 bridgehead atoms. The maximum absolute atomic E-state index is 11.3. The van der Waals surface area contributed by atoms with Crippen LogP contribution in [0.4, 0.5) is 0 Å². The van der Waals surface area contributed by atoms with E-state index in [1.54, 1.807) is 12.4 Å². The number of nitrogens with one attached hydrogen (secondary N) is 3. The number of H-pyrrole nitrogens is 3. The predicted octanol–water partition coefficient (Wildman–Crippen LogP) is 0.347. The minimum Gasteiger partial charge on any atom is -0.506 e. The molecule has 80 valence electrons. The molecule has 3 aromatic heterocycles. The highest BCUT2D eigenvalue weighted by Gasteiger charge is 2.13. The Morgan fingerprint density at radius 1 is 1.31 bits per heavy atom. The number of nitrogens with zero attached hydrogens (tertiary/aromatic N) is 2. The van der Waals surface area contributed by atoms with Crippen molar-refractivity contribution in [3.05, 3.63) is 29.1 Å². The van der Waals surface area contributed by atoms with Crippen LogP contribution in [0.2, 0.25) is 0 Å². The van der Waals surface area contributed by atoms with E-state index in [0.29, 0.717) is 22.3 Å². The summed E-state index contributed by atoms with van der Waals surface area (Å²) in [6.07, 6.45) is 4.56. The van der Waals surface area contributed by atoms with E-state index in [1.807, 2.05) is 0 Å². The summed E-state index contributed by atoms with van der Waals surface area (Å²) in [5.41, 5.74) is 1.03. The Labute approximate surface area is 88.2 Å². The van der Waals surface area contributed by atoms with Gasteiger partial charge < -0.3 is 15.1 Å². The first-order valence-electron chi connectivity index (χ1n) is 4.55. The number of aromatic hydroxyl groups is 1. The van der Waals surface area contributed by atoms with Crippen LogP contribution < -0.4 is 5.69 Å². The third-order valence-corrected chi connectivity index (χ3v) is 2.32. The first-order chi connectivity index (χ1) is 7.75. The summed E-state index contributed by atoms with van der Waals surface area (Å²) in [5, 5.41) is 16.6. The molecule has 0 saturated heterocycles. The normalized spacial score (nSPS) is 11.0. The smallest absolute Gasteiger partial charge is 0.347 e. The van der Waals surface area contributed by atoms with Gasteiger partial charge in [-0.15, -0.1) is 0 Å². The predicted molar refractivity (Wildman–Crippen MR) is 56.0 cm³/mol. The van der Waals surface area contributed by atoms with Gasteiger partial charge in [-0.05, 0) is 0 Å². The molecule has 0 aliphatic carbocycles. The highest BCUT2D eigenvalue weighted by atomic mass is 16.3. The van der Waals surface area contributed by atoms with Crippen molar-refractivity contribution in [3.8, 4) is 17.0 Å². The molecule has 0 aromatic carbocycles. The van der Waals surface area contributed by atoms with E-state index in [0.717, 1.165) is 0 Å². The van der Waals surface area contributed by atoms with Gasteiger partial charge in [0.25, 0.3) is 0 Å². The maximum atomic E-state index is 11.3. The van der Waals surface area contributed by atoms with Crippen molar-refractivity contribution in [1.82, 2.24) is 25.1 Å². The number of fused-ring (bicyclic) bond motifs is 1. The standard InChI is InChI=1S/C9H7N5O2/c15-5-3-10-8-6(5)7(13-9(16)14-8)4-1-11-12-2-4/h1-3,15H,(H,11,12)(H2,10,13,14,16). The van der Waals surface area contributed by atoms with Crippen molar-refractivity contribution >= 4 is 11.0 Å². The summed E-state index contributed by atoms with van der Waals surface area (Å²) < 4.78 is 0. The molecular weight excluding hydrogens is 210 g/mol. The summed E-state index contributed by atoms with van der Waals surface area (Å²) in [4.78, 5) is 20.3. The Balaban J connectivity index is 2.47. The summed E-state index contributed by atoms with van der Waals surface area (Å²) >= 11 is 0. The van der Waals surface area contributed by atoms with Crippen LogP contribution in [0.3, 0.4) is 0 Å². The van der Waals surface area contributed by atoms with Crippen LogP contribution in [-0.4, -0.2) is 30.3 Å². The van der Waals surface area contributed by atoms with Crippen molar-refractivity contribution in [1.29, 1.82) is 0 Å². The minimum atomic E-state index is -0.481. The molecule has 3 rings (SSSR count). The van der Waals surface area contributed by atoms with Crippen LogP contribution in [0.15, 0.2) is 23.4 Å². The Bertz CT molecular complexity index is 694. The molecule has 3 heterocycles. The van der Waals surface area contributed by atoms with Crippen LogP contribution >= 0.6 is 0 Å². The molecule has 4 N–H and O–H groups in total. The van der Waals surface area contributed by atoms with Gasteiger partial charge in [-0.3, -0.25) is 5.10 Å². The molecule has 0 aliphatic rings. The van der Waals surface area contributed by atoms with Crippen molar-refractivity contribution in [2.45, 2.75) is 0 Å². The molecule has 0 amide bonds. The highest BCUT2D eigenvalue weighted by molar-refractivity contribution is 5.95. The first-order valence-corrected chi connectivity index (χ1v) is 4.55. The Hall–Kier alpha value is -2.57. The van der Waals surface area contributed by atoms with Crippen LogP contribution in [0.5, 0.6) is 5.75 Å². The lowest BCUT2D eigenvalue weighted by Gasteiger charge is -1.99. The number of hydrogen-bond donors (Lipinski definition) is 4. The van der Waals surface area contributed by atoms with E-state index in [1.165, 1.54) is 6.20 Å². The van der Waals surface area contributed by atoms with E-state index in [-0.39, 0.29) is 5.75 Å². The second-order valence-corrected chi connectivity index (χ2v) is 3.30. The van der Waals surface area contributed by atoms with Crippen molar-refractivity contribution in [2.24, 2.45) is 0 Å². The molecule has 7 heteroatoms. The van der Waals surface area contributed by atoms with Gasteiger partial charge in [-0.25, -0.2) is 4.79 Å². The second kappa shape index (κ2) is 2.96. The van der Waals surface area contributed by atoms with E-state index < -0.39 is 5.69 Å². The van der Waals surface area contributed by atoms with E-state index >= 15 is 0 Å². The molecule has 0 atom stereocenters. The molecular formula is C9H7N5O2. The van der Waals surface area contributed by atoms with Gasteiger partial charge in [0.2, 0.25) is 0 Å². The summed E-state index contributed by atoms with van der Waals surface area (Å²) in [6, 6.07) is 0. The molecule has 3 aromatic rings. The lowest BCUT2D eigenvalue weighted by atomic mass is 10.2. The fourth-order valence-corrected chi connectivity index (χ4v) is 1.64. The quantitative estimate of drug-likeness (QED) is 0.471. The van der Waals surface area contributed by atoms with Gasteiger partial charge in [0, 0.05) is 18.0 Å². The average Bonchev–Trinajstić information content (AvgIpc) is 2.87. The van der Waals surface area contributed by atoms with Crippen LogP contribution in [0.1, 0.15) is 0 Å². The zero-order valence-electron chi connectivity index (χ0n) is 7.98. The number of rotatable bonds is 1. The zero-order chi connectivity index (χ0) is 11.1. The molecule has 0 radical (unpaired) electrons. The van der Waals surface area contributed by atoms with Crippen molar-refractivity contribution in [3.63, 3.8) is 0 Å². The third kappa shape index (κ3) is 1.11. The van der Waals surface area contributed by atoms with Gasteiger partial charge in [0.15, 0.2) is 0 Å². The maximum Gasteiger partial charge on any atom is 0.347 e. The largest absolute Gasteiger partial charge is 0.506 e. The fraction of sp³-hybridized carbons (Fsp3) is 0. The van der Waals surface area contributed by atoms with Gasteiger partial charge in [0.05, 0.1) is 17.3 Å². The minimum absolute atomic E-state index is 0.0370.